The third-order valence-electron chi connectivity index (χ3n) is 1.81. The zero-order chi connectivity index (χ0) is 9.68. The summed E-state index contributed by atoms with van der Waals surface area (Å²) in [6.45, 7) is 3.24. The van der Waals surface area contributed by atoms with Crippen molar-refractivity contribution in [3.05, 3.63) is 18.0 Å². The van der Waals surface area contributed by atoms with Gasteiger partial charge in [-0.05, 0) is 19.0 Å². The number of Topliss-reactive ketones (excluding diaryl/α,β-unsaturated/α-hetero) is 1. The molecule has 0 amide bonds. The van der Waals surface area contributed by atoms with Gasteiger partial charge in [-0.3, -0.25) is 9.48 Å². The van der Waals surface area contributed by atoms with Gasteiger partial charge in [0.25, 0.3) is 0 Å². The Morgan fingerprint density at radius 2 is 2.46 bits per heavy atom. The summed E-state index contributed by atoms with van der Waals surface area (Å²) in [4.78, 5) is 11.5. The lowest BCUT2D eigenvalue weighted by Crippen LogP contribution is -2.14. The van der Waals surface area contributed by atoms with Crippen LogP contribution in [0, 0.1) is 0 Å². The zero-order valence-electron chi connectivity index (χ0n) is 7.86. The topological polar surface area (TPSA) is 60.9 Å². The Kier molecular flexibility index (Phi) is 3.64. The number of aromatic nitrogens is 2. The molecule has 0 bridgehead atoms. The van der Waals surface area contributed by atoms with Crippen LogP contribution in [0.15, 0.2) is 12.3 Å². The molecule has 4 heteroatoms. The monoisotopic (exact) mass is 181 g/mol. The highest BCUT2D eigenvalue weighted by molar-refractivity contribution is 5.94. The molecule has 0 unspecified atom stereocenters. The van der Waals surface area contributed by atoms with E-state index in [-0.39, 0.29) is 5.78 Å². The average Bonchev–Trinajstić information content (AvgIpc) is 2.54. The van der Waals surface area contributed by atoms with Gasteiger partial charge in [0.05, 0.1) is 0 Å². The standard InChI is InChI=1S/C9H15N3O/c1-2-7-12-8(4-6-11-12)9(13)3-5-10/h4,6H,2-3,5,7,10H2,1H3. The first-order chi connectivity index (χ1) is 6.29. The molecule has 0 aliphatic heterocycles. The molecule has 1 heterocycles. The van der Waals surface area contributed by atoms with Crippen LogP contribution in [0.2, 0.25) is 0 Å². The van der Waals surface area contributed by atoms with Gasteiger partial charge in [-0.15, -0.1) is 0 Å². The van der Waals surface area contributed by atoms with E-state index in [4.69, 9.17) is 5.73 Å². The molecule has 0 aliphatic rings. The molecular formula is C9H15N3O. The van der Waals surface area contributed by atoms with Crippen molar-refractivity contribution < 1.29 is 4.79 Å². The summed E-state index contributed by atoms with van der Waals surface area (Å²) < 4.78 is 1.73. The maximum atomic E-state index is 11.5. The van der Waals surface area contributed by atoms with Gasteiger partial charge in [0.1, 0.15) is 5.69 Å². The van der Waals surface area contributed by atoms with Gasteiger partial charge >= 0.3 is 0 Å². The minimum absolute atomic E-state index is 0.0773. The molecule has 0 radical (unpaired) electrons. The van der Waals surface area contributed by atoms with E-state index in [1.807, 2.05) is 0 Å². The smallest absolute Gasteiger partial charge is 0.182 e. The average molecular weight is 181 g/mol. The van der Waals surface area contributed by atoms with Crippen LogP contribution in [0.1, 0.15) is 30.3 Å². The van der Waals surface area contributed by atoms with Crippen molar-refractivity contribution >= 4 is 5.78 Å². The van der Waals surface area contributed by atoms with Crippen LogP contribution in [0.4, 0.5) is 0 Å². The number of rotatable bonds is 5. The fourth-order valence-electron chi connectivity index (χ4n) is 1.22. The van der Waals surface area contributed by atoms with Crippen molar-refractivity contribution in [1.82, 2.24) is 9.78 Å². The lowest BCUT2D eigenvalue weighted by Gasteiger charge is -2.03. The number of carbonyl (C=O) groups is 1. The summed E-state index contributed by atoms with van der Waals surface area (Å²) in [5.74, 6) is 0.0773. The molecule has 0 atom stereocenters. The number of carbonyl (C=O) groups excluding carboxylic acids is 1. The second-order valence-corrected chi connectivity index (χ2v) is 2.90. The molecule has 0 aromatic carbocycles. The summed E-state index contributed by atoms with van der Waals surface area (Å²) >= 11 is 0. The van der Waals surface area contributed by atoms with Crippen LogP contribution >= 0.6 is 0 Å². The predicted octanol–water partition coefficient (Wildman–Crippen LogP) is 0.825. The van der Waals surface area contributed by atoms with E-state index in [0.29, 0.717) is 18.7 Å². The Balaban J connectivity index is 2.74. The molecule has 0 spiro atoms. The Bertz CT molecular complexity index is 280. The van der Waals surface area contributed by atoms with E-state index >= 15 is 0 Å². The fourth-order valence-corrected chi connectivity index (χ4v) is 1.22. The number of ketones is 1. The largest absolute Gasteiger partial charge is 0.330 e. The van der Waals surface area contributed by atoms with Gasteiger partial charge < -0.3 is 5.73 Å². The van der Waals surface area contributed by atoms with Crippen LogP contribution in [0.3, 0.4) is 0 Å². The van der Waals surface area contributed by atoms with Crippen molar-refractivity contribution in [1.29, 1.82) is 0 Å². The first kappa shape index (κ1) is 9.92. The third kappa shape index (κ3) is 2.39. The third-order valence-corrected chi connectivity index (χ3v) is 1.81. The van der Waals surface area contributed by atoms with Gasteiger partial charge in [0.15, 0.2) is 5.78 Å². The predicted molar refractivity (Wildman–Crippen MR) is 50.5 cm³/mol. The van der Waals surface area contributed by atoms with Crippen LogP contribution in [0.25, 0.3) is 0 Å². The SMILES string of the molecule is CCCn1nccc1C(=O)CCN. The second kappa shape index (κ2) is 4.77. The lowest BCUT2D eigenvalue weighted by atomic mass is 10.2. The lowest BCUT2D eigenvalue weighted by molar-refractivity contribution is 0.0975. The number of nitrogens with zero attached hydrogens (tertiary/aromatic N) is 2. The van der Waals surface area contributed by atoms with Crippen molar-refractivity contribution in [2.45, 2.75) is 26.3 Å². The summed E-state index contributed by atoms with van der Waals surface area (Å²) in [6.07, 6.45) is 3.03. The number of nitrogens with two attached hydrogens (primary N) is 1. The van der Waals surface area contributed by atoms with Crippen molar-refractivity contribution in [3.63, 3.8) is 0 Å². The summed E-state index contributed by atoms with van der Waals surface area (Å²) in [5, 5.41) is 4.06. The Morgan fingerprint density at radius 1 is 1.69 bits per heavy atom. The summed E-state index contributed by atoms with van der Waals surface area (Å²) in [7, 11) is 0. The number of hydrogen-bond donors (Lipinski definition) is 1. The van der Waals surface area contributed by atoms with E-state index in [1.165, 1.54) is 0 Å². The Hall–Kier alpha value is -1.16. The molecule has 0 aliphatic carbocycles. The molecule has 13 heavy (non-hydrogen) atoms. The summed E-state index contributed by atoms with van der Waals surface area (Å²) in [5.41, 5.74) is 5.98. The minimum atomic E-state index is 0.0773. The maximum Gasteiger partial charge on any atom is 0.182 e. The molecule has 0 fully saturated rings. The molecule has 1 rings (SSSR count). The van der Waals surface area contributed by atoms with E-state index in [2.05, 4.69) is 12.0 Å². The molecule has 1 aromatic heterocycles. The molecular weight excluding hydrogens is 166 g/mol. The van der Waals surface area contributed by atoms with Crippen molar-refractivity contribution in [2.75, 3.05) is 6.54 Å². The van der Waals surface area contributed by atoms with E-state index < -0.39 is 0 Å². The van der Waals surface area contributed by atoms with Crippen LogP contribution < -0.4 is 5.73 Å². The quantitative estimate of drug-likeness (QED) is 0.684. The van der Waals surface area contributed by atoms with E-state index in [9.17, 15) is 4.79 Å². The van der Waals surface area contributed by atoms with E-state index in [1.54, 1.807) is 16.9 Å². The maximum absolute atomic E-state index is 11.5. The van der Waals surface area contributed by atoms with Gasteiger partial charge in [-0.1, -0.05) is 6.92 Å². The van der Waals surface area contributed by atoms with Crippen LogP contribution in [-0.2, 0) is 6.54 Å². The van der Waals surface area contributed by atoms with Crippen LogP contribution in [0.5, 0.6) is 0 Å². The first-order valence-electron chi connectivity index (χ1n) is 4.54. The van der Waals surface area contributed by atoms with Gasteiger partial charge in [0.2, 0.25) is 0 Å². The van der Waals surface area contributed by atoms with Gasteiger partial charge in [-0.25, -0.2) is 0 Å². The fraction of sp³-hybridized carbons (Fsp3) is 0.556. The Morgan fingerprint density at radius 3 is 3.08 bits per heavy atom. The van der Waals surface area contributed by atoms with Crippen LogP contribution in [-0.4, -0.2) is 22.1 Å². The van der Waals surface area contributed by atoms with Crippen molar-refractivity contribution in [2.24, 2.45) is 5.73 Å². The van der Waals surface area contributed by atoms with E-state index in [0.717, 1.165) is 13.0 Å². The molecule has 2 N–H and O–H groups in total. The highest BCUT2D eigenvalue weighted by Crippen LogP contribution is 2.03. The molecule has 0 saturated carbocycles. The minimum Gasteiger partial charge on any atom is -0.330 e. The summed E-state index contributed by atoms with van der Waals surface area (Å²) in [6, 6.07) is 1.74. The highest BCUT2D eigenvalue weighted by Gasteiger charge is 2.09. The van der Waals surface area contributed by atoms with Gasteiger partial charge in [0, 0.05) is 19.2 Å². The van der Waals surface area contributed by atoms with Gasteiger partial charge in [-0.2, -0.15) is 5.10 Å². The number of hydrogen-bond acceptors (Lipinski definition) is 3. The first-order valence-corrected chi connectivity index (χ1v) is 4.54. The second-order valence-electron chi connectivity index (χ2n) is 2.90. The molecule has 1 aromatic rings. The molecule has 72 valence electrons. The normalized spacial score (nSPS) is 10.3. The molecule has 0 saturated heterocycles. The number of aryl methyl sites for hydroxylation is 1. The zero-order valence-corrected chi connectivity index (χ0v) is 7.86. The van der Waals surface area contributed by atoms with Crippen molar-refractivity contribution in [3.8, 4) is 0 Å². The Labute approximate surface area is 77.7 Å². The highest BCUT2D eigenvalue weighted by atomic mass is 16.1. The molecule has 4 nitrogen and oxygen atoms in total.